The molecule has 0 bridgehead atoms. The van der Waals surface area contributed by atoms with E-state index in [0.717, 1.165) is 18.5 Å². The van der Waals surface area contributed by atoms with E-state index in [4.69, 9.17) is 10.5 Å². The summed E-state index contributed by atoms with van der Waals surface area (Å²) in [6, 6.07) is 3.24. The minimum absolute atomic E-state index is 0.259. The second kappa shape index (κ2) is 7.22. The second-order valence-corrected chi connectivity index (χ2v) is 5.04. The number of hydrogen-bond acceptors (Lipinski definition) is 3. The van der Waals surface area contributed by atoms with Crippen molar-refractivity contribution in [3.63, 3.8) is 0 Å². The van der Waals surface area contributed by atoms with Crippen LogP contribution in [0.1, 0.15) is 40.5 Å². The Kier molecular flexibility index (Phi) is 5.93. The Hall–Kier alpha value is -1.45. The van der Waals surface area contributed by atoms with E-state index in [-0.39, 0.29) is 11.8 Å². The van der Waals surface area contributed by atoms with E-state index >= 15 is 0 Å². The molecule has 0 amide bonds. The molecular formula is C15H25FN2O. The quantitative estimate of drug-likeness (QED) is 0.734. The third-order valence-electron chi connectivity index (χ3n) is 3.45. The SMILES string of the molecule is CCCOc1cc(NC(C)C(C)CC)c(N)cc1F. The molecule has 19 heavy (non-hydrogen) atoms. The normalized spacial score (nSPS) is 13.9. The van der Waals surface area contributed by atoms with Gasteiger partial charge < -0.3 is 15.8 Å². The molecule has 0 spiro atoms. The molecule has 0 aliphatic rings. The third kappa shape index (κ3) is 4.30. The van der Waals surface area contributed by atoms with Gasteiger partial charge in [0, 0.05) is 18.2 Å². The van der Waals surface area contributed by atoms with E-state index in [1.165, 1.54) is 6.07 Å². The molecule has 4 heteroatoms. The van der Waals surface area contributed by atoms with E-state index in [0.29, 0.717) is 18.2 Å². The minimum atomic E-state index is -0.410. The molecule has 0 radical (unpaired) electrons. The van der Waals surface area contributed by atoms with Gasteiger partial charge in [0.2, 0.25) is 0 Å². The van der Waals surface area contributed by atoms with Crippen molar-refractivity contribution in [1.29, 1.82) is 0 Å². The fraction of sp³-hybridized carbons (Fsp3) is 0.600. The van der Waals surface area contributed by atoms with E-state index in [9.17, 15) is 4.39 Å². The highest BCUT2D eigenvalue weighted by Gasteiger charge is 2.14. The Bertz CT molecular complexity index is 409. The van der Waals surface area contributed by atoms with Gasteiger partial charge in [0.05, 0.1) is 18.0 Å². The molecule has 1 aromatic carbocycles. The summed E-state index contributed by atoms with van der Waals surface area (Å²) in [5.74, 6) is 0.368. The lowest BCUT2D eigenvalue weighted by molar-refractivity contribution is 0.301. The van der Waals surface area contributed by atoms with Crippen molar-refractivity contribution >= 4 is 11.4 Å². The molecule has 0 fully saturated rings. The Morgan fingerprint density at radius 1 is 1.32 bits per heavy atom. The summed E-state index contributed by atoms with van der Waals surface area (Å²) in [5.41, 5.74) is 7.00. The summed E-state index contributed by atoms with van der Waals surface area (Å²) < 4.78 is 19.1. The molecule has 2 atom stereocenters. The van der Waals surface area contributed by atoms with Gasteiger partial charge in [-0.05, 0) is 19.3 Å². The van der Waals surface area contributed by atoms with Crippen molar-refractivity contribution in [2.45, 2.75) is 46.6 Å². The van der Waals surface area contributed by atoms with Crippen LogP contribution < -0.4 is 15.8 Å². The van der Waals surface area contributed by atoms with Crippen molar-refractivity contribution < 1.29 is 9.13 Å². The van der Waals surface area contributed by atoms with Crippen molar-refractivity contribution in [3.8, 4) is 5.75 Å². The minimum Gasteiger partial charge on any atom is -0.490 e. The monoisotopic (exact) mass is 268 g/mol. The molecule has 1 aromatic rings. The van der Waals surface area contributed by atoms with E-state index in [1.807, 2.05) is 6.92 Å². The van der Waals surface area contributed by atoms with Crippen molar-refractivity contribution in [3.05, 3.63) is 17.9 Å². The predicted octanol–water partition coefficient (Wildman–Crippen LogP) is 4.04. The molecule has 2 unspecified atom stereocenters. The van der Waals surface area contributed by atoms with Gasteiger partial charge in [-0.25, -0.2) is 4.39 Å². The summed E-state index contributed by atoms with van der Waals surface area (Å²) in [6.45, 7) is 8.91. The Morgan fingerprint density at radius 3 is 2.58 bits per heavy atom. The summed E-state index contributed by atoms with van der Waals surface area (Å²) in [7, 11) is 0. The molecule has 0 aliphatic carbocycles. The van der Waals surface area contributed by atoms with E-state index in [2.05, 4.69) is 26.1 Å². The number of halogens is 1. The summed E-state index contributed by atoms with van der Waals surface area (Å²) in [4.78, 5) is 0. The van der Waals surface area contributed by atoms with Gasteiger partial charge in [-0.2, -0.15) is 0 Å². The van der Waals surface area contributed by atoms with Crippen LogP contribution in [0.25, 0.3) is 0 Å². The first kappa shape index (κ1) is 15.6. The highest BCUT2D eigenvalue weighted by Crippen LogP contribution is 2.29. The van der Waals surface area contributed by atoms with Crippen LogP contribution in [0.4, 0.5) is 15.8 Å². The van der Waals surface area contributed by atoms with Crippen molar-refractivity contribution in [1.82, 2.24) is 0 Å². The molecule has 0 saturated carbocycles. The highest BCUT2D eigenvalue weighted by atomic mass is 19.1. The third-order valence-corrected chi connectivity index (χ3v) is 3.45. The Morgan fingerprint density at radius 2 is 2.00 bits per heavy atom. The zero-order valence-corrected chi connectivity index (χ0v) is 12.3. The van der Waals surface area contributed by atoms with Crippen molar-refractivity contribution in [2.75, 3.05) is 17.7 Å². The van der Waals surface area contributed by atoms with Crippen LogP contribution in [0.2, 0.25) is 0 Å². The van der Waals surface area contributed by atoms with Gasteiger partial charge in [0.1, 0.15) is 0 Å². The first-order valence-corrected chi connectivity index (χ1v) is 6.97. The smallest absolute Gasteiger partial charge is 0.167 e. The van der Waals surface area contributed by atoms with Crippen LogP contribution in [0.5, 0.6) is 5.75 Å². The second-order valence-electron chi connectivity index (χ2n) is 5.04. The topological polar surface area (TPSA) is 47.3 Å². The van der Waals surface area contributed by atoms with Crippen LogP contribution in [-0.2, 0) is 0 Å². The number of nitrogens with one attached hydrogen (secondary N) is 1. The zero-order chi connectivity index (χ0) is 14.4. The maximum Gasteiger partial charge on any atom is 0.167 e. The Balaban J connectivity index is 2.87. The maximum absolute atomic E-state index is 13.7. The lowest BCUT2D eigenvalue weighted by Crippen LogP contribution is -2.23. The van der Waals surface area contributed by atoms with Crippen LogP contribution in [0.3, 0.4) is 0 Å². The maximum atomic E-state index is 13.7. The number of benzene rings is 1. The first-order valence-electron chi connectivity index (χ1n) is 6.97. The molecule has 0 aromatic heterocycles. The van der Waals surface area contributed by atoms with Crippen LogP contribution in [0.15, 0.2) is 12.1 Å². The molecule has 108 valence electrons. The van der Waals surface area contributed by atoms with Crippen LogP contribution >= 0.6 is 0 Å². The standard InChI is InChI=1S/C15H25FN2O/c1-5-7-19-15-9-14(13(17)8-12(15)16)18-11(4)10(3)6-2/h8-11,18H,5-7,17H2,1-4H3. The summed E-state index contributed by atoms with van der Waals surface area (Å²) in [6.07, 6.45) is 1.92. The first-order chi connectivity index (χ1) is 8.99. The molecule has 3 nitrogen and oxygen atoms in total. The van der Waals surface area contributed by atoms with Gasteiger partial charge >= 0.3 is 0 Å². The number of ether oxygens (including phenoxy) is 1. The van der Waals surface area contributed by atoms with E-state index < -0.39 is 5.82 Å². The highest BCUT2D eigenvalue weighted by molar-refractivity contribution is 5.69. The average molecular weight is 268 g/mol. The summed E-state index contributed by atoms with van der Waals surface area (Å²) in [5, 5.41) is 3.33. The molecule has 0 heterocycles. The fourth-order valence-corrected chi connectivity index (χ4v) is 1.76. The number of anilines is 2. The largest absolute Gasteiger partial charge is 0.490 e. The Labute approximate surface area is 115 Å². The molecule has 3 N–H and O–H groups in total. The zero-order valence-electron chi connectivity index (χ0n) is 12.3. The number of nitrogens with two attached hydrogens (primary N) is 1. The van der Waals surface area contributed by atoms with Gasteiger partial charge in [0.25, 0.3) is 0 Å². The van der Waals surface area contributed by atoms with Gasteiger partial charge in [0.15, 0.2) is 11.6 Å². The van der Waals surface area contributed by atoms with Gasteiger partial charge in [-0.15, -0.1) is 0 Å². The van der Waals surface area contributed by atoms with Crippen molar-refractivity contribution in [2.24, 2.45) is 5.92 Å². The lowest BCUT2D eigenvalue weighted by Gasteiger charge is -2.22. The van der Waals surface area contributed by atoms with Gasteiger partial charge in [-0.1, -0.05) is 27.2 Å². The molecule has 0 aliphatic heterocycles. The molecular weight excluding hydrogens is 243 g/mol. The van der Waals surface area contributed by atoms with E-state index in [1.54, 1.807) is 6.07 Å². The average Bonchev–Trinajstić information content (AvgIpc) is 2.39. The number of nitrogen functional groups attached to an aromatic ring is 1. The molecule has 0 saturated heterocycles. The summed E-state index contributed by atoms with van der Waals surface area (Å²) >= 11 is 0. The van der Waals surface area contributed by atoms with Crippen LogP contribution in [-0.4, -0.2) is 12.6 Å². The molecule has 1 rings (SSSR count). The fourth-order valence-electron chi connectivity index (χ4n) is 1.76. The lowest BCUT2D eigenvalue weighted by atomic mass is 10.0. The van der Waals surface area contributed by atoms with Gasteiger partial charge in [-0.3, -0.25) is 0 Å². The van der Waals surface area contributed by atoms with Crippen LogP contribution in [0, 0.1) is 11.7 Å². The number of hydrogen-bond donors (Lipinski definition) is 2. The predicted molar refractivity (Wildman–Crippen MR) is 79.1 cm³/mol. The number of rotatable bonds is 7.